The normalized spacial score (nSPS) is 11.6. The predicted octanol–water partition coefficient (Wildman–Crippen LogP) is 16.4. The van der Waals surface area contributed by atoms with Crippen LogP contribution in [0.2, 0.25) is 0 Å². The molecule has 12 aromatic rings. The average molecular weight is 939 g/mol. The van der Waals surface area contributed by atoms with Gasteiger partial charge in [0.25, 0.3) is 0 Å². The van der Waals surface area contributed by atoms with Gasteiger partial charge in [0.05, 0.1) is 33.7 Å². The first-order valence-electron chi connectivity index (χ1n) is 23.6. The molecule has 0 N–H and O–H groups in total. The average Bonchev–Trinajstić information content (AvgIpc) is 3.77. The molecular weight excluding hydrogens is 898 g/mol. The van der Waals surface area contributed by atoms with Crippen molar-refractivity contribution in [2.24, 2.45) is 0 Å². The summed E-state index contributed by atoms with van der Waals surface area (Å²) in [6.45, 7) is 2.05. The van der Waals surface area contributed by atoms with Crippen LogP contribution in [0.3, 0.4) is 0 Å². The van der Waals surface area contributed by atoms with Crippen molar-refractivity contribution in [2.45, 2.75) is 13.1 Å². The van der Waals surface area contributed by atoms with E-state index in [2.05, 4.69) is 72.2 Å². The Balaban J connectivity index is 1.14. The predicted molar refractivity (Wildman–Crippen MR) is 283 cm³/mol. The molecule has 9 aromatic carbocycles. The van der Waals surface area contributed by atoms with Gasteiger partial charge in [-0.05, 0) is 72.6 Å². The van der Waals surface area contributed by atoms with Crippen molar-refractivity contribution in [1.82, 2.24) is 29.5 Å². The molecule has 0 aliphatic rings. The molecule has 3 aromatic heterocycles. The second-order valence-electron chi connectivity index (χ2n) is 17.7. The number of fused-ring (bicyclic) bond motifs is 3. The number of benzene rings is 9. The molecular formula is C63H41F3N6. The van der Waals surface area contributed by atoms with Gasteiger partial charge in [-0.3, -0.25) is 0 Å². The van der Waals surface area contributed by atoms with Gasteiger partial charge in [0.2, 0.25) is 0 Å². The van der Waals surface area contributed by atoms with Crippen LogP contribution in [0.25, 0.3) is 118 Å². The fraction of sp³-hybridized carbons (Fsp3) is 0.0317. The highest BCUT2D eigenvalue weighted by Crippen LogP contribution is 2.45. The van der Waals surface area contributed by atoms with E-state index < -0.39 is 11.7 Å². The minimum Gasteiger partial charge on any atom is -0.308 e. The molecule has 0 spiro atoms. The Labute approximate surface area is 413 Å². The van der Waals surface area contributed by atoms with E-state index in [1.807, 2.05) is 146 Å². The number of aryl methyl sites for hydroxylation is 1. The summed E-state index contributed by atoms with van der Waals surface area (Å²) >= 11 is 0. The first-order chi connectivity index (χ1) is 35.2. The number of hydrogen-bond acceptors (Lipinski definition) is 5. The Bertz CT molecular complexity index is 3820. The minimum atomic E-state index is -4.52. The third-order valence-electron chi connectivity index (χ3n) is 13.0. The summed E-state index contributed by atoms with van der Waals surface area (Å²) in [6.07, 6.45) is -4.52. The van der Waals surface area contributed by atoms with Crippen LogP contribution in [0, 0.1) is 6.92 Å². The van der Waals surface area contributed by atoms with Gasteiger partial charge < -0.3 is 4.57 Å². The van der Waals surface area contributed by atoms with E-state index in [4.69, 9.17) is 24.9 Å². The highest BCUT2D eigenvalue weighted by atomic mass is 19.4. The molecule has 72 heavy (non-hydrogen) atoms. The molecule has 6 nitrogen and oxygen atoms in total. The highest BCUT2D eigenvalue weighted by Gasteiger charge is 2.31. The number of aromatic nitrogens is 6. The van der Waals surface area contributed by atoms with Gasteiger partial charge in [0.15, 0.2) is 23.3 Å². The van der Waals surface area contributed by atoms with E-state index >= 15 is 0 Å². The van der Waals surface area contributed by atoms with E-state index in [1.54, 1.807) is 12.1 Å². The Morgan fingerprint density at radius 3 is 1.28 bits per heavy atom. The summed E-state index contributed by atoms with van der Waals surface area (Å²) in [5, 5.41) is 1.92. The summed E-state index contributed by atoms with van der Waals surface area (Å²) < 4.78 is 45.1. The van der Waals surface area contributed by atoms with Crippen molar-refractivity contribution < 1.29 is 13.2 Å². The molecule has 0 bridgehead atoms. The molecule has 0 aliphatic carbocycles. The maximum Gasteiger partial charge on any atom is 0.416 e. The molecule has 344 valence electrons. The van der Waals surface area contributed by atoms with Crippen LogP contribution in [0.5, 0.6) is 0 Å². The fourth-order valence-electron chi connectivity index (χ4n) is 9.39. The van der Waals surface area contributed by atoms with Crippen molar-refractivity contribution in [1.29, 1.82) is 0 Å². The maximum atomic E-state index is 14.3. The van der Waals surface area contributed by atoms with Crippen LogP contribution in [-0.4, -0.2) is 29.5 Å². The van der Waals surface area contributed by atoms with Gasteiger partial charge >= 0.3 is 6.18 Å². The van der Waals surface area contributed by atoms with E-state index in [1.165, 1.54) is 0 Å². The van der Waals surface area contributed by atoms with Gasteiger partial charge in [-0.15, -0.1) is 0 Å². The van der Waals surface area contributed by atoms with Crippen molar-refractivity contribution in [2.75, 3.05) is 0 Å². The van der Waals surface area contributed by atoms with E-state index in [0.29, 0.717) is 40.1 Å². The fourth-order valence-corrected chi connectivity index (χ4v) is 9.39. The molecule has 0 saturated heterocycles. The number of hydrogen-bond donors (Lipinski definition) is 0. The Morgan fingerprint density at radius 1 is 0.333 bits per heavy atom. The summed E-state index contributed by atoms with van der Waals surface area (Å²) in [6, 6.07) is 74.1. The molecule has 12 rings (SSSR count). The largest absolute Gasteiger partial charge is 0.416 e. The standard InChI is InChI=1S/C63H41F3N6/c1-40-26-28-41(29-27-40)51-37-48(55-39-54(43-16-6-2-7-17-43)67-59(68-55)44-18-8-3-9-19-44)38-52(42-30-33-49(34-31-42)63(64,65)66)58(51)72-56-25-15-14-24-50(56)53-36-47(32-35-57(53)72)62-70-60(45-20-10-4-11-21-45)69-61(71-62)46-22-12-5-13-23-46/h2-39H,1H3. The third kappa shape index (κ3) is 8.36. The van der Waals surface area contributed by atoms with Gasteiger partial charge in [0.1, 0.15) is 0 Å². The van der Waals surface area contributed by atoms with Gasteiger partial charge in [-0.1, -0.05) is 181 Å². The van der Waals surface area contributed by atoms with Crippen LogP contribution in [0.1, 0.15) is 11.1 Å². The smallest absolute Gasteiger partial charge is 0.308 e. The molecule has 3 heterocycles. The number of alkyl halides is 3. The lowest BCUT2D eigenvalue weighted by atomic mass is 9.91. The Hall–Kier alpha value is -9.34. The minimum absolute atomic E-state index is 0.520. The molecule has 0 atom stereocenters. The van der Waals surface area contributed by atoms with Crippen LogP contribution in [-0.2, 0) is 6.18 Å². The van der Waals surface area contributed by atoms with Gasteiger partial charge in [0, 0.05) is 55.3 Å². The second kappa shape index (κ2) is 18.2. The lowest BCUT2D eigenvalue weighted by molar-refractivity contribution is -0.137. The third-order valence-corrected chi connectivity index (χ3v) is 13.0. The number of halogens is 3. The van der Waals surface area contributed by atoms with E-state index in [9.17, 15) is 13.2 Å². The van der Waals surface area contributed by atoms with Gasteiger partial charge in [-0.2, -0.15) is 13.2 Å². The van der Waals surface area contributed by atoms with E-state index in [0.717, 1.165) is 95.4 Å². The molecule has 0 fully saturated rings. The summed E-state index contributed by atoms with van der Waals surface area (Å²) in [5.41, 5.74) is 12.5. The summed E-state index contributed by atoms with van der Waals surface area (Å²) in [7, 11) is 0. The zero-order chi connectivity index (χ0) is 48.8. The van der Waals surface area contributed by atoms with Crippen LogP contribution in [0.4, 0.5) is 13.2 Å². The number of rotatable bonds is 9. The molecule has 9 heteroatoms. The lowest BCUT2D eigenvalue weighted by Gasteiger charge is -2.22. The zero-order valence-corrected chi connectivity index (χ0v) is 38.8. The lowest BCUT2D eigenvalue weighted by Crippen LogP contribution is -2.05. The summed E-state index contributed by atoms with van der Waals surface area (Å²) in [4.78, 5) is 25.3. The molecule has 0 aliphatic heterocycles. The van der Waals surface area contributed by atoms with Crippen LogP contribution >= 0.6 is 0 Å². The first-order valence-corrected chi connectivity index (χ1v) is 23.6. The quantitative estimate of drug-likeness (QED) is 0.144. The first kappa shape index (κ1) is 43.9. The molecule has 0 unspecified atom stereocenters. The summed E-state index contributed by atoms with van der Waals surface area (Å²) in [5.74, 6) is 2.18. The number of nitrogens with zero attached hydrogens (tertiary/aromatic N) is 6. The van der Waals surface area contributed by atoms with Crippen molar-refractivity contribution in [3.63, 3.8) is 0 Å². The van der Waals surface area contributed by atoms with Gasteiger partial charge in [-0.25, -0.2) is 24.9 Å². The zero-order valence-electron chi connectivity index (χ0n) is 38.8. The SMILES string of the molecule is Cc1ccc(-c2cc(-c3cc(-c4ccccc4)nc(-c4ccccc4)n3)cc(-c3ccc(C(F)(F)F)cc3)c2-n2c3ccccc3c3cc(-c4nc(-c5ccccc5)nc(-c5ccccc5)n4)ccc32)cc1. The monoisotopic (exact) mass is 938 g/mol. The van der Waals surface area contributed by atoms with E-state index in [-0.39, 0.29) is 0 Å². The van der Waals surface area contributed by atoms with Crippen molar-refractivity contribution in [3.8, 4) is 96.0 Å². The molecule has 0 amide bonds. The highest BCUT2D eigenvalue weighted by molar-refractivity contribution is 6.12. The van der Waals surface area contributed by atoms with Crippen LogP contribution < -0.4 is 0 Å². The topological polar surface area (TPSA) is 69.4 Å². The Kier molecular flexibility index (Phi) is 11.1. The van der Waals surface area contributed by atoms with Crippen molar-refractivity contribution >= 4 is 21.8 Å². The number of para-hydroxylation sites is 1. The molecule has 0 saturated carbocycles. The van der Waals surface area contributed by atoms with Crippen molar-refractivity contribution in [3.05, 3.63) is 242 Å². The molecule has 0 radical (unpaired) electrons. The van der Waals surface area contributed by atoms with Crippen LogP contribution in [0.15, 0.2) is 231 Å². The second-order valence-corrected chi connectivity index (χ2v) is 17.7. The Morgan fingerprint density at radius 2 is 0.750 bits per heavy atom. The maximum absolute atomic E-state index is 14.3.